The monoisotopic (exact) mass is 338 g/mol. The van der Waals surface area contributed by atoms with Crippen molar-refractivity contribution in [2.75, 3.05) is 0 Å². The molecule has 0 amide bonds. The van der Waals surface area contributed by atoms with Crippen molar-refractivity contribution in [1.29, 1.82) is 0 Å². The molecule has 0 aliphatic heterocycles. The number of hydrogen-bond donors (Lipinski definition) is 1. The van der Waals surface area contributed by atoms with Gasteiger partial charge in [0.05, 0.1) is 0 Å². The lowest BCUT2D eigenvalue weighted by atomic mass is 10.1. The average molecular weight is 339 g/mol. The first-order chi connectivity index (χ1) is 7.09. The van der Waals surface area contributed by atoms with Crippen LogP contribution in [0.25, 0.3) is 0 Å². The Bertz CT molecular complexity index is 324. The third-order valence-electron chi connectivity index (χ3n) is 2.10. The van der Waals surface area contributed by atoms with Crippen LogP contribution in [0, 0.1) is 0 Å². The molecule has 0 fully saturated rings. The maximum atomic E-state index is 10.6. The van der Waals surface area contributed by atoms with E-state index < -0.39 is 5.97 Å². The molecule has 1 N–H and O–H groups in total. The highest BCUT2D eigenvalue weighted by Gasteiger charge is 2.11. The molecule has 1 atom stereocenters. The van der Waals surface area contributed by atoms with Crippen molar-refractivity contribution in [2.45, 2.75) is 23.2 Å². The molecule has 4 heteroatoms. The Morgan fingerprint density at radius 3 is 2.53 bits per heavy atom. The molecule has 0 saturated heterocycles. The van der Waals surface area contributed by atoms with Crippen LogP contribution < -0.4 is 0 Å². The lowest BCUT2D eigenvalue weighted by molar-refractivity contribution is -0.136. The summed E-state index contributed by atoms with van der Waals surface area (Å²) in [6.45, 7) is 0. The van der Waals surface area contributed by atoms with Gasteiger partial charge in [0.1, 0.15) is 3.92 Å². The fraction of sp³-hybridized carbons (Fsp3) is 0.364. The molecule has 0 radical (unpaired) electrons. The van der Waals surface area contributed by atoms with Crippen LogP contribution in [-0.2, 0) is 11.2 Å². The fourth-order valence-corrected chi connectivity index (χ4v) is 1.83. The van der Waals surface area contributed by atoms with Gasteiger partial charge in [0.2, 0.25) is 0 Å². The van der Waals surface area contributed by atoms with Gasteiger partial charge in [-0.1, -0.05) is 46.3 Å². The molecule has 82 valence electrons. The van der Waals surface area contributed by atoms with Crippen molar-refractivity contribution in [3.8, 4) is 0 Å². The molecule has 0 aromatic heterocycles. The Kier molecular flexibility index (Phi) is 5.39. The molecule has 0 bridgehead atoms. The van der Waals surface area contributed by atoms with Gasteiger partial charge in [-0.05, 0) is 37.0 Å². The van der Waals surface area contributed by atoms with Crippen molar-refractivity contribution < 1.29 is 9.90 Å². The minimum atomic E-state index is -0.730. The van der Waals surface area contributed by atoms with Gasteiger partial charge in [0.25, 0.3) is 0 Å². The number of halogens is 2. The van der Waals surface area contributed by atoms with Gasteiger partial charge in [-0.25, -0.2) is 0 Å². The van der Waals surface area contributed by atoms with E-state index in [9.17, 15) is 4.79 Å². The molecule has 0 spiro atoms. The largest absolute Gasteiger partial charge is 0.480 e. The minimum absolute atomic E-state index is 0.282. The standard InChI is InChI=1S/C11H12ClIO2/c12-9-6-4-8(5-7-9)2-1-3-10(13)11(14)15/h4-7,10H,1-3H2,(H,14,15). The van der Waals surface area contributed by atoms with Crippen LogP contribution in [0.3, 0.4) is 0 Å². The maximum absolute atomic E-state index is 10.6. The molecule has 0 aliphatic rings. The second kappa shape index (κ2) is 6.33. The molecular formula is C11H12ClIO2. The van der Waals surface area contributed by atoms with Crippen molar-refractivity contribution in [2.24, 2.45) is 0 Å². The van der Waals surface area contributed by atoms with Gasteiger partial charge in [0, 0.05) is 5.02 Å². The molecular weight excluding hydrogens is 326 g/mol. The highest BCUT2D eigenvalue weighted by atomic mass is 127. The Balaban J connectivity index is 2.32. The Morgan fingerprint density at radius 2 is 2.00 bits per heavy atom. The van der Waals surface area contributed by atoms with E-state index in [0.29, 0.717) is 6.42 Å². The number of carboxylic acids is 1. The molecule has 2 nitrogen and oxygen atoms in total. The van der Waals surface area contributed by atoms with Crippen LogP contribution in [0.5, 0.6) is 0 Å². The number of rotatable bonds is 5. The molecule has 15 heavy (non-hydrogen) atoms. The van der Waals surface area contributed by atoms with Gasteiger partial charge < -0.3 is 5.11 Å². The topological polar surface area (TPSA) is 37.3 Å². The van der Waals surface area contributed by atoms with E-state index in [2.05, 4.69) is 0 Å². The van der Waals surface area contributed by atoms with Crippen LogP contribution in [0.2, 0.25) is 5.02 Å². The average Bonchev–Trinajstić information content (AvgIpc) is 2.20. The lowest BCUT2D eigenvalue weighted by Crippen LogP contribution is -2.12. The van der Waals surface area contributed by atoms with Crippen molar-refractivity contribution in [3.63, 3.8) is 0 Å². The second-order valence-corrected chi connectivity index (χ2v) is 5.26. The zero-order valence-electron chi connectivity index (χ0n) is 8.12. The van der Waals surface area contributed by atoms with Crippen LogP contribution in [0.1, 0.15) is 18.4 Å². The highest BCUT2D eigenvalue weighted by molar-refractivity contribution is 14.1. The number of carbonyl (C=O) groups is 1. The Hall–Kier alpha value is -0.290. The number of carboxylic acid groups (broad SMARTS) is 1. The van der Waals surface area contributed by atoms with Crippen LogP contribution in [0.15, 0.2) is 24.3 Å². The number of benzene rings is 1. The summed E-state index contributed by atoms with van der Waals surface area (Å²) in [5, 5.41) is 9.42. The van der Waals surface area contributed by atoms with Gasteiger partial charge in [0.15, 0.2) is 0 Å². The van der Waals surface area contributed by atoms with E-state index in [1.54, 1.807) is 0 Å². The number of aliphatic carboxylic acids is 1. The molecule has 1 aromatic carbocycles. The van der Waals surface area contributed by atoms with Crippen molar-refractivity contribution in [3.05, 3.63) is 34.9 Å². The number of hydrogen-bond acceptors (Lipinski definition) is 1. The van der Waals surface area contributed by atoms with E-state index in [4.69, 9.17) is 16.7 Å². The summed E-state index contributed by atoms with van der Waals surface area (Å²) in [7, 11) is 0. The van der Waals surface area contributed by atoms with E-state index in [1.165, 1.54) is 5.56 Å². The zero-order chi connectivity index (χ0) is 11.3. The summed E-state index contributed by atoms with van der Waals surface area (Å²) in [4.78, 5) is 10.6. The van der Waals surface area contributed by atoms with Gasteiger partial charge in [-0.2, -0.15) is 0 Å². The Labute approximate surface area is 108 Å². The number of aryl methyl sites for hydroxylation is 1. The third kappa shape index (κ3) is 4.84. The molecule has 0 aliphatic carbocycles. The summed E-state index contributed by atoms with van der Waals surface area (Å²) in [5.74, 6) is -0.730. The van der Waals surface area contributed by atoms with Gasteiger partial charge in [-0.15, -0.1) is 0 Å². The van der Waals surface area contributed by atoms with Crippen LogP contribution >= 0.6 is 34.2 Å². The predicted molar refractivity (Wildman–Crippen MR) is 69.8 cm³/mol. The minimum Gasteiger partial charge on any atom is -0.480 e. The highest BCUT2D eigenvalue weighted by Crippen LogP contribution is 2.14. The first-order valence-electron chi connectivity index (χ1n) is 4.71. The fourth-order valence-electron chi connectivity index (χ4n) is 1.26. The Morgan fingerprint density at radius 1 is 1.40 bits per heavy atom. The van der Waals surface area contributed by atoms with Crippen molar-refractivity contribution >= 4 is 40.2 Å². The maximum Gasteiger partial charge on any atom is 0.316 e. The zero-order valence-corrected chi connectivity index (χ0v) is 11.0. The number of alkyl halides is 1. The van der Waals surface area contributed by atoms with Gasteiger partial charge in [-0.3, -0.25) is 4.79 Å². The van der Waals surface area contributed by atoms with Crippen LogP contribution in [0.4, 0.5) is 0 Å². The van der Waals surface area contributed by atoms with Crippen LogP contribution in [-0.4, -0.2) is 15.0 Å². The summed E-state index contributed by atoms with van der Waals surface area (Å²) in [6, 6.07) is 7.67. The lowest BCUT2D eigenvalue weighted by Gasteiger charge is -2.04. The molecule has 0 saturated carbocycles. The smallest absolute Gasteiger partial charge is 0.316 e. The van der Waals surface area contributed by atoms with E-state index in [1.807, 2.05) is 46.9 Å². The predicted octanol–water partition coefficient (Wildman–Crippen LogP) is 3.55. The summed E-state index contributed by atoms with van der Waals surface area (Å²) in [6.07, 6.45) is 2.50. The summed E-state index contributed by atoms with van der Waals surface area (Å²) < 4.78 is -0.282. The molecule has 1 aromatic rings. The van der Waals surface area contributed by atoms with Gasteiger partial charge >= 0.3 is 5.97 Å². The molecule has 1 rings (SSSR count). The SMILES string of the molecule is O=C(O)C(I)CCCc1ccc(Cl)cc1. The van der Waals surface area contributed by atoms with E-state index >= 15 is 0 Å². The summed E-state index contributed by atoms with van der Waals surface area (Å²) >= 11 is 7.72. The first kappa shape index (κ1) is 12.8. The molecule has 0 heterocycles. The van der Waals surface area contributed by atoms with E-state index in [0.717, 1.165) is 17.9 Å². The van der Waals surface area contributed by atoms with E-state index in [-0.39, 0.29) is 3.92 Å². The van der Waals surface area contributed by atoms with Crippen molar-refractivity contribution in [1.82, 2.24) is 0 Å². The first-order valence-corrected chi connectivity index (χ1v) is 6.33. The molecule has 1 unspecified atom stereocenters. The quantitative estimate of drug-likeness (QED) is 0.658. The second-order valence-electron chi connectivity index (χ2n) is 3.32. The third-order valence-corrected chi connectivity index (χ3v) is 3.51. The summed E-state index contributed by atoms with van der Waals surface area (Å²) in [5.41, 5.74) is 1.20. The normalized spacial score (nSPS) is 12.4.